The van der Waals surface area contributed by atoms with Gasteiger partial charge in [-0.25, -0.2) is 0 Å². The molecule has 3 nitrogen and oxygen atoms in total. The molecule has 3 aliphatic rings. The highest BCUT2D eigenvalue weighted by atomic mass is 16.7. The molecular formula is C27H22O3. The van der Waals surface area contributed by atoms with E-state index in [2.05, 4.69) is 30.8 Å². The topological polar surface area (TPSA) is 35.5 Å². The summed E-state index contributed by atoms with van der Waals surface area (Å²) in [5, 5.41) is 0. The van der Waals surface area contributed by atoms with Crippen LogP contribution in [0.25, 0.3) is 0 Å². The van der Waals surface area contributed by atoms with Gasteiger partial charge in [-0.2, -0.15) is 0 Å². The molecule has 2 bridgehead atoms. The zero-order chi connectivity index (χ0) is 20.6. The molecule has 148 valence electrons. The Kier molecular flexibility index (Phi) is 3.43. The van der Waals surface area contributed by atoms with Crippen molar-refractivity contribution < 1.29 is 14.3 Å². The van der Waals surface area contributed by atoms with Crippen LogP contribution in [0.3, 0.4) is 0 Å². The Bertz CT molecular complexity index is 1170. The fourth-order valence-corrected chi connectivity index (χ4v) is 6.65. The molecule has 1 saturated carbocycles. The molecule has 0 amide bonds. The number of allylic oxidation sites excluding steroid dienone is 1. The van der Waals surface area contributed by atoms with Crippen LogP contribution in [0.5, 0.6) is 0 Å². The van der Waals surface area contributed by atoms with Crippen molar-refractivity contribution in [2.75, 3.05) is 7.11 Å². The van der Waals surface area contributed by atoms with Crippen LogP contribution >= 0.6 is 0 Å². The second-order valence-electron chi connectivity index (χ2n) is 8.35. The smallest absolute Gasteiger partial charge is 0.207 e. The van der Waals surface area contributed by atoms with Gasteiger partial charge in [-0.3, -0.25) is 4.79 Å². The van der Waals surface area contributed by atoms with Gasteiger partial charge in [-0.05, 0) is 11.1 Å². The maximum Gasteiger partial charge on any atom is 0.207 e. The first-order valence-corrected chi connectivity index (χ1v) is 10.3. The number of fused-ring (bicyclic) bond motifs is 7. The van der Waals surface area contributed by atoms with Gasteiger partial charge in [0.25, 0.3) is 0 Å². The molecule has 1 aliphatic carbocycles. The van der Waals surface area contributed by atoms with Gasteiger partial charge in [0.15, 0.2) is 5.78 Å². The van der Waals surface area contributed by atoms with E-state index in [-0.39, 0.29) is 11.7 Å². The van der Waals surface area contributed by atoms with Gasteiger partial charge in [0.1, 0.15) is 6.10 Å². The van der Waals surface area contributed by atoms with Gasteiger partial charge in [0.2, 0.25) is 5.79 Å². The van der Waals surface area contributed by atoms with Crippen molar-refractivity contribution in [1.29, 1.82) is 0 Å². The molecule has 3 aromatic rings. The average Bonchev–Trinajstić information content (AvgIpc) is 3.38. The largest absolute Gasteiger partial charge is 0.348 e. The summed E-state index contributed by atoms with van der Waals surface area (Å²) < 4.78 is 13.0. The van der Waals surface area contributed by atoms with Crippen LogP contribution in [0.2, 0.25) is 0 Å². The third-order valence-corrected chi connectivity index (χ3v) is 7.53. The summed E-state index contributed by atoms with van der Waals surface area (Å²) in [6.07, 6.45) is 1.35. The van der Waals surface area contributed by atoms with Crippen LogP contribution in [0.1, 0.15) is 27.0 Å². The third-order valence-electron chi connectivity index (χ3n) is 7.53. The van der Waals surface area contributed by atoms with E-state index < -0.39 is 22.7 Å². The molecule has 30 heavy (non-hydrogen) atoms. The van der Waals surface area contributed by atoms with Crippen LogP contribution in [-0.4, -0.2) is 19.0 Å². The first-order valence-electron chi connectivity index (χ1n) is 10.3. The van der Waals surface area contributed by atoms with Crippen LogP contribution in [0.4, 0.5) is 0 Å². The first kappa shape index (κ1) is 17.8. The van der Waals surface area contributed by atoms with Gasteiger partial charge in [0.05, 0.1) is 10.8 Å². The zero-order valence-corrected chi connectivity index (χ0v) is 16.7. The number of carbonyl (C=O) groups excluding carboxylic acids is 1. The van der Waals surface area contributed by atoms with E-state index in [0.29, 0.717) is 5.56 Å². The van der Waals surface area contributed by atoms with E-state index in [9.17, 15) is 4.79 Å². The predicted octanol–water partition coefficient (Wildman–Crippen LogP) is 4.77. The predicted molar refractivity (Wildman–Crippen MR) is 114 cm³/mol. The number of ketones is 1. The third kappa shape index (κ3) is 1.63. The van der Waals surface area contributed by atoms with Crippen LogP contribution < -0.4 is 0 Å². The van der Waals surface area contributed by atoms with Gasteiger partial charge in [0, 0.05) is 24.2 Å². The lowest BCUT2D eigenvalue weighted by molar-refractivity contribution is -0.248. The standard InChI is InChI=1S/C27H22O3/c1-3-22-25(18-12-6-4-7-13-18)24-23(28)20-16-10-11-17-21(20)27(29-2,30-24)26(22,25)19-14-8-5-9-15-19/h3-17,22,24H,1H2,2H3/t22-,24+,25+,26+,27-/m1/s1. The van der Waals surface area contributed by atoms with Crippen molar-refractivity contribution in [3.63, 3.8) is 0 Å². The Morgan fingerprint density at radius 2 is 1.50 bits per heavy atom. The molecule has 0 radical (unpaired) electrons. The molecule has 0 aromatic heterocycles. The minimum absolute atomic E-state index is 0.00851. The van der Waals surface area contributed by atoms with E-state index in [4.69, 9.17) is 9.47 Å². The molecule has 0 N–H and O–H groups in total. The molecule has 6 rings (SSSR count). The summed E-state index contributed by atoms with van der Waals surface area (Å²) in [7, 11) is 1.69. The van der Waals surface area contributed by atoms with Gasteiger partial charge in [-0.1, -0.05) is 91.0 Å². The highest BCUT2D eigenvalue weighted by Crippen LogP contribution is 2.85. The second kappa shape index (κ2) is 5.78. The van der Waals surface area contributed by atoms with Crippen molar-refractivity contribution in [2.24, 2.45) is 5.92 Å². The number of hydrogen-bond donors (Lipinski definition) is 0. The van der Waals surface area contributed by atoms with Crippen LogP contribution in [-0.2, 0) is 26.1 Å². The van der Waals surface area contributed by atoms with Gasteiger partial charge >= 0.3 is 0 Å². The second-order valence-corrected chi connectivity index (χ2v) is 8.35. The summed E-state index contributed by atoms with van der Waals surface area (Å²) in [5.74, 6) is -1.06. The van der Waals surface area contributed by atoms with E-state index in [1.54, 1.807) is 7.11 Å². The Morgan fingerprint density at radius 3 is 2.13 bits per heavy atom. The number of hydrogen-bond acceptors (Lipinski definition) is 3. The number of carbonyl (C=O) groups is 1. The normalized spacial score (nSPS) is 35.4. The summed E-state index contributed by atoms with van der Waals surface area (Å²) in [5.41, 5.74) is 2.52. The molecule has 2 heterocycles. The fourth-order valence-electron chi connectivity index (χ4n) is 6.65. The van der Waals surface area contributed by atoms with Crippen molar-refractivity contribution in [3.8, 4) is 0 Å². The lowest BCUT2D eigenvalue weighted by Gasteiger charge is -2.42. The molecule has 3 heteroatoms. The first-order chi connectivity index (χ1) is 14.7. The van der Waals surface area contributed by atoms with Gasteiger partial charge in [-0.15, -0.1) is 6.58 Å². The number of methoxy groups -OCH3 is 1. The van der Waals surface area contributed by atoms with Crippen LogP contribution in [0, 0.1) is 5.92 Å². The van der Waals surface area contributed by atoms with Crippen LogP contribution in [0.15, 0.2) is 97.6 Å². The monoisotopic (exact) mass is 394 g/mol. The Balaban J connectivity index is 1.78. The molecule has 0 unspecified atom stereocenters. The highest BCUT2D eigenvalue weighted by Gasteiger charge is 2.94. The lowest BCUT2D eigenvalue weighted by Crippen LogP contribution is -2.48. The summed E-state index contributed by atoms with van der Waals surface area (Å²) in [6, 6.07) is 28.3. The van der Waals surface area contributed by atoms with E-state index >= 15 is 0 Å². The molecule has 3 aromatic carbocycles. The molecule has 0 spiro atoms. The Morgan fingerprint density at radius 1 is 0.900 bits per heavy atom. The van der Waals surface area contributed by atoms with E-state index in [1.165, 1.54) is 0 Å². The Hall–Kier alpha value is -3.01. The maximum absolute atomic E-state index is 13.8. The van der Waals surface area contributed by atoms with Gasteiger partial charge < -0.3 is 9.47 Å². The minimum Gasteiger partial charge on any atom is -0.348 e. The molecule has 2 aliphatic heterocycles. The van der Waals surface area contributed by atoms with Crippen molar-refractivity contribution in [2.45, 2.75) is 22.7 Å². The molecule has 5 atom stereocenters. The number of rotatable bonds is 4. The number of benzene rings is 3. The van der Waals surface area contributed by atoms with E-state index in [0.717, 1.165) is 16.7 Å². The minimum atomic E-state index is -1.07. The summed E-state index contributed by atoms with van der Waals surface area (Å²) in [6.45, 7) is 4.20. The quantitative estimate of drug-likeness (QED) is 0.598. The summed E-state index contributed by atoms with van der Waals surface area (Å²) >= 11 is 0. The molecule has 2 fully saturated rings. The zero-order valence-electron chi connectivity index (χ0n) is 16.7. The summed E-state index contributed by atoms with van der Waals surface area (Å²) in [4.78, 5) is 13.8. The lowest BCUT2D eigenvalue weighted by atomic mass is 9.75. The fraction of sp³-hybridized carbons (Fsp3) is 0.222. The SMILES string of the molecule is C=C[C@@H]1[C@@]2(c3ccccc3)[C@H]3O[C@](OC)(c4ccccc4C3=O)[C@@]12c1ccccc1. The van der Waals surface area contributed by atoms with Crippen molar-refractivity contribution >= 4 is 5.78 Å². The van der Waals surface area contributed by atoms with Crippen molar-refractivity contribution in [1.82, 2.24) is 0 Å². The van der Waals surface area contributed by atoms with E-state index in [1.807, 2.05) is 66.7 Å². The Labute approximate surface area is 176 Å². The number of ether oxygens (including phenoxy) is 2. The highest BCUT2D eigenvalue weighted by molar-refractivity contribution is 6.06. The number of Topliss-reactive ketones (excluding diaryl/α,β-unsaturated/α-hetero) is 1. The average molecular weight is 394 g/mol. The maximum atomic E-state index is 13.8. The van der Waals surface area contributed by atoms with Crippen molar-refractivity contribution in [3.05, 3.63) is 120 Å². The molecular weight excluding hydrogens is 372 g/mol. The molecule has 1 saturated heterocycles.